The Hall–Kier alpha value is -1.10. The molecule has 4 N–H and O–H groups in total. The lowest BCUT2D eigenvalue weighted by Gasteiger charge is -2.41. The van der Waals surface area contributed by atoms with Gasteiger partial charge in [0.25, 0.3) is 0 Å². The Morgan fingerprint density at radius 2 is 1.95 bits per heavy atom. The first-order valence-corrected chi connectivity index (χ1v) is 7.36. The lowest BCUT2D eigenvalue weighted by Crippen LogP contribution is -2.44. The predicted molar refractivity (Wildman–Crippen MR) is 78.2 cm³/mol. The molecule has 20 heavy (non-hydrogen) atoms. The van der Waals surface area contributed by atoms with Gasteiger partial charge in [-0.25, -0.2) is 0 Å². The fourth-order valence-corrected chi connectivity index (χ4v) is 2.87. The van der Waals surface area contributed by atoms with Crippen LogP contribution in [0.2, 0.25) is 0 Å². The van der Waals surface area contributed by atoms with Crippen LogP contribution in [0.3, 0.4) is 0 Å². The molecule has 5 nitrogen and oxygen atoms in total. The van der Waals surface area contributed by atoms with Crippen molar-refractivity contribution in [3.63, 3.8) is 0 Å². The van der Waals surface area contributed by atoms with Crippen molar-refractivity contribution in [3.8, 4) is 0 Å². The van der Waals surface area contributed by atoms with Gasteiger partial charge in [0.05, 0.1) is 6.42 Å². The molecule has 0 aliphatic heterocycles. The van der Waals surface area contributed by atoms with Crippen LogP contribution in [0, 0.1) is 10.8 Å². The summed E-state index contributed by atoms with van der Waals surface area (Å²) in [4.78, 5) is 22.7. The number of rotatable bonds is 7. The molecule has 1 aliphatic carbocycles. The van der Waals surface area contributed by atoms with E-state index in [1.165, 1.54) is 0 Å². The summed E-state index contributed by atoms with van der Waals surface area (Å²) in [7, 11) is 0. The molecule has 1 aliphatic rings. The molecule has 1 rings (SSSR count). The highest BCUT2D eigenvalue weighted by atomic mass is 16.4. The fourth-order valence-electron chi connectivity index (χ4n) is 2.87. The molecule has 0 aromatic rings. The standard InChI is InChI=1S/C15H28N2O3/c1-14(2,3)8-11(16)7-12(18)17-10-15(5-4-6-15)9-13(19)20/h11H,4-10,16H2,1-3H3,(H,17,18)(H,19,20). The second-order valence-corrected chi connectivity index (χ2v) is 7.43. The summed E-state index contributed by atoms with van der Waals surface area (Å²) in [6, 6.07) is -0.146. The molecule has 1 amide bonds. The van der Waals surface area contributed by atoms with Crippen molar-refractivity contribution in [2.75, 3.05) is 6.54 Å². The van der Waals surface area contributed by atoms with E-state index in [4.69, 9.17) is 10.8 Å². The van der Waals surface area contributed by atoms with E-state index in [-0.39, 0.29) is 29.2 Å². The number of nitrogens with one attached hydrogen (secondary N) is 1. The lowest BCUT2D eigenvalue weighted by molar-refractivity contribution is -0.141. The minimum absolute atomic E-state index is 0.0709. The van der Waals surface area contributed by atoms with E-state index in [0.29, 0.717) is 13.0 Å². The summed E-state index contributed by atoms with van der Waals surface area (Å²) in [6.45, 7) is 6.75. The van der Waals surface area contributed by atoms with E-state index in [2.05, 4.69) is 26.1 Å². The third kappa shape index (κ3) is 5.90. The Kier molecular flexibility index (Phi) is 5.57. The molecule has 0 bridgehead atoms. The molecular formula is C15H28N2O3. The van der Waals surface area contributed by atoms with Gasteiger partial charge in [0, 0.05) is 19.0 Å². The Morgan fingerprint density at radius 3 is 2.35 bits per heavy atom. The first kappa shape index (κ1) is 17.0. The minimum Gasteiger partial charge on any atom is -0.481 e. The van der Waals surface area contributed by atoms with Crippen molar-refractivity contribution in [2.24, 2.45) is 16.6 Å². The summed E-state index contributed by atoms with van der Waals surface area (Å²) < 4.78 is 0. The average Bonchev–Trinajstić information content (AvgIpc) is 2.18. The Balaban J connectivity index is 2.34. The smallest absolute Gasteiger partial charge is 0.303 e. The number of carbonyl (C=O) groups excluding carboxylic acids is 1. The third-order valence-electron chi connectivity index (χ3n) is 3.92. The monoisotopic (exact) mass is 284 g/mol. The van der Waals surface area contributed by atoms with E-state index < -0.39 is 5.97 Å². The number of carboxylic acids is 1. The van der Waals surface area contributed by atoms with Crippen molar-refractivity contribution >= 4 is 11.9 Å². The van der Waals surface area contributed by atoms with Crippen LogP contribution in [0.4, 0.5) is 0 Å². The van der Waals surface area contributed by atoms with Crippen LogP contribution in [0.15, 0.2) is 0 Å². The van der Waals surface area contributed by atoms with Crippen molar-refractivity contribution < 1.29 is 14.7 Å². The minimum atomic E-state index is -0.789. The van der Waals surface area contributed by atoms with Gasteiger partial charge in [-0.15, -0.1) is 0 Å². The number of hydrogen-bond donors (Lipinski definition) is 3. The van der Waals surface area contributed by atoms with Gasteiger partial charge in [-0.05, 0) is 30.1 Å². The molecule has 0 heterocycles. The SMILES string of the molecule is CC(C)(C)CC(N)CC(=O)NCC1(CC(=O)O)CCC1. The zero-order valence-corrected chi connectivity index (χ0v) is 12.9. The van der Waals surface area contributed by atoms with Crippen molar-refractivity contribution in [1.29, 1.82) is 0 Å². The molecule has 0 radical (unpaired) electrons. The molecule has 0 aromatic carbocycles. The molecule has 0 aromatic heterocycles. The number of amides is 1. The molecule has 0 saturated heterocycles. The number of aliphatic carboxylic acids is 1. The van der Waals surface area contributed by atoms with Crippen molar-refractivity contribution in [1.82, 2.24) is 5.32 Å². The average molecular weight is 284 g/mol. The van der Waals surface area contributed by atoms with Crippen molar-refractivity contribution in [2.45, 2.75) is 65.3 Å². The Labute approximate surface area is 121 Å². The Morgan fingerprint density at radius 1 is 1.35 bits per heavy atom. The van der Waals surface area contributed by atoms with Crippen LogP contribution in [0.1, 0.15) is 59.3 Å². The first-order chi connectivity index (χ1) is 9.12. The van der Waals surface area contributed by atoms with Crippen LogP contribution >= 0.6 is 0 Å². The second kappa shape index (κ2) is 6.57. The second-order valence-electron chi connectivity index (χ2n) is 7.43. The maximum atomic E-state index is 11.9. The number of nitrogens with two attached hydrogens (primary N) is 1. The van der Waals surface area contributed by atoms with Gasteiger partial charge in [-0.3, -0.25) is 9.59 Å². The Bertz CT molecular complexity index is 357. The van der Waals surface area contributed by atoms with E-state index in [1.54, 1.807) is 0 Å². The normalized spacial score (nSPS) is 19.0. The molecule has 116 valence electrons. The van der Waals surface area contributed by atoms with E-state index in [9.17, 15) is 9.59 Å². The maximum absolute atomic E-state index is 11.9. The van der Waals surface area contributed by atoms with E-state index in [0.717, 1.165) is 25.7 Å². The highest BCUT2D eigenvalue weighted by molar-refractivity contribution is 5.76. The van der Waals surface area contributed by atoms with Gasteiger partial charge in [0.15, 0.2) is 0 Å². The summed E-state index contributed by atoms with van der Waals surface area (Å²) in [5.41, 5.74) is 5.86. The van der Waals surface area contributed by atoms with Gasteiger partial charge in [-0.1, -0.05) is 27.2 Å². The zero-order valence-electron chi connectivity index (χ0n) is 12.9. The van der Waals surface area contributed by atoms with Gasteiger partial charge in [-0.2, -0.15) is 0 Å². The van der Waals surface area contributed by atoms with Crippen LogP contribution in [0.25, 0.3) is 0 Å². The van der Waals surface area contributed by atoms with Crippen LogP contribution in [-0.2, 0) is 9.59 Å². The topological polar surface area (TPSA) is 92.4 Å². The van der Waals surface area contributed by atoms with Gasteiger partial charge in [0.2, 0.25) is 5.91 Å². The van der Waals surface area contributed by atoms with Crippen LogP contribution in [0.5, 0.6) is 0 Å². The molecule has 1 unspecified atom stereocenters. The molecule has 1 saturated carbocycles. The number of carbonyl (C=O) groups is 2. The summed E-state index contributed by atoms with van der Waals surface area (Å²) in [5, 5.41) is 11.8. The van der Waals surface area contributed by atoms with E-state index in [1.807, 2.05) is 0 Å². The van der Waals surface area contributed by atoms with Crippen LogP contribution in [-0.4, -0.2) is 29.6 Å². The predicted octanol–water partition coefficient (Wildman–Crippen LogP) is 1.90. The summed E-state index contributed by atoms with van der Waals surface area (Å²) in [6.07, 6.45) is 4.05. The van der Waals surface area contributed by atoms with Gasteiger partial charge < -0.3 is 16.2 Å². The first-order valence-electron chi connectivity index (χ1n) is 7.36. The molecule has 1 atom stereocenters. The quantitative estimate of drug-likeness (QED) is 0.665. The maximum Gasteiger partial charge on any atom is 0.303 e. The summed E-state index contributed by atoms with van der Waals surface area (Å²) in [5.74, 6) is -0.859. The lowest BCUT2D eigenvalue weighted by atomic mass is 9.66. The molecule has 5 heteroatoms. The number of hydrogen-bond acceptors (Lipinski definition) is 3. The third-order valence-corrected chi connectivity index (χ3v) is 3.92. The molecule has 0 spiro atoms. The zero-order chi connectivity index (χ0) is 15.4. The van der Waals surface area contributed by atoms with Gasteiger partial charge >= 0.3 is 5.97 Å². The highest BCUT2D eigenvalue weighted by Crippen LogP contribution is 2.43. The fraction of sp³-hybridized carbons (Fsp3) is 0.867. The van der Waals surface area contributed by atoms with Crippen molar-refractivity contribution in [3.05, 3.63) is 0 Å². The molecular weight excluding hydrogens is 256 g/mol. The largest absolute Gasteiger partial charge is 0.481 e. The van der Waals surface area contributed by atoms with Crippen LogP contribution < -0.4 is 11.1 Å². The van der Waals surface area contributed by atoms with Gasteiger partial charge in [0.1, 0.15) is 0 Å². The highest BCUT2D eigenvalue weighted by Gasteiger charge is 2.39. The molecule has 1 fully saturated rings. The number of carboxylic acid groups (broad SMARTS) is 1. The summed E-state index contributed by atoms with van der Waals surface area (Å²) >= 11 is 0. The van der Waals surface area contributed by atoms with E-state index >= 15 is 0 Å².